The van der Waals surface area contributed by atoms with E-state index in [9.17, 15) is 8.78 Å². The van der Waals surface area contributed by atoms with Gasteiger partial charge in [-0.25, -0.2) is 8.78 Å². The maximum atomic E-state index is 14.3. The van der Waals surface area contributed by atoms with E-state index in [1.54, 1.807) is 12.1 Å². The lowest BCUT2D eigenvalue weighted by Gasteiger charge is -2.52. The summed E-state index contributed by atoms with van der Waals surface area (Å²) in [6, 6.07) is 62.0. The second-order valence-electron chi connectivity index (χ2n) is 15.9. The van der Waals surface area contributed by atoms with Gasteiger partial charge in [-0.1, -0.05) is 147 Å². The highest BCUT2D eigenvalue weighted by atomic mass is 19.1. The molecule has 0 saturated carbocycles. The number of rotatable bonds is 2. The van der Waals surface area contributed by atoms with Crippen LogP contribution in [0, 0.1) is 11.6 Å². The maximum absolute atomic E-state index is 14.3. The Balaban J connectivity index is 0.00000388. The number of hydrogen-bond acceptors (Lipinski definition) is 3. The van der Waals surface area contributed by atoms with Crippen LogP contribution in [0.2, 0.25) is 0 Å². The van der Waals surface area contributed by atoms with Crippen molar-refractivity contribution >= 4 is 17.1 Å². The molecule has 284 valence electrons. The first kappa shape index (κ1) is 34.5. The van der Waals surface area contributed by atoms with Gasteiger partial charge in [-0.05, 0) is 103 Å². The predicted octanol–water partition coefficient (Wildman–Crippen LogP) is 13.5. The summed E-state index contributed by atoms with van der Waals surface area (Å²) in [5.41, 5.74) is 19.4. The van der Waals surface area contributed by atoms with Crippen LogP contribution in [-0.2, 0) is 10.8 Å². The summed E-state index contributed by atoms with van der Waals surface area (Å²) in [6.07, 6.45) is 2.56. The van der Waals surface area contributed by atoms with Crippen molar-refractivity contribution in [3.05, 3.63) is 244 Å². The molecule has 0 amide bonds. The number of halogens is 2. The third-order valence-electron chi connectivity index (χ3n) is 13.3. The van der Waals surface area contributed by atoms with E-state index in [1.807, 2.05) is 0 Å². The van der Waals surface area contributed by atoms with E-state index in [-0.39, 0.29) is 19.1 Å². The third-order valence-corrected chi connectivity index (χ3v) is 13.3. The van der Waals surface area contributed by atoms with Crippen molar-refractivity contribution in [3.8, 4) is 44.8 Å². The minimum atomic E-state index is -0.675. The summed E-state index contributed by atoms with van der Waals surface area (Å²) in [5.74, 6) is -0.754. The van der Waals surface area contributed by atoms with Crippen LogP contribution < -0.4 is 4.90 Å². The number of fused-ring (bicyclic) bond motifs is 18. The summed E-state index contributed by atoms with van der Waals surface area (Å²) in [7, 11) is 0. The van der Waals surface area contributed by atoms with Gasteiger partial charge in [0.25, 0.3) is 0 Å². The molecule has 2 aromatic heterocycles. The molecule has 0 fully saturated rings. The Bertz CT molecular complexity index is 2950. The van der Waals surface area contributed by atoms with Crippen LogP contribution in [0.3, 0.4) is 0 Å². The fourth-order valence-electron chi connectivity index (χ4n) is 11.2. The summed E-state index contributed by atoms with van der Waals surface area (Å²) in [6.45, 7) is 0. The van der Waals surface area contributed by atoms with E-state index in [0.29, 0.717) is 11.4 Å². The van der Waals surface area contributed by atoms with Crippen LogP contribution in [0.4, 0.5) is 25.8 Å². The van der Waals surface area contributed by atoms with Gasteiger partial charge in [0.15, 0.2) is 0 Å². The zero-order chi connectivity index (χ0) is 39.0. The van der Waals surface area contributed by atoms with Crippen molar-refractivity contribution in [1.29, 1.82) is 0 Å². The first-order valence-corrected chi connectivity index (χ1v) is 19.9. The molecule has 0 N–H and O–H groups in total. The molecule has 4 heterocycles. The average Bonchev–Trinajstić information content (AvgIpc) is 3.75. The Morgan fingerprint density at radius 3 is 1.10 bits per heavy atom. The number of anilines is 3. The monoisotopic (exact) mass is 775 g/mol. The standard InChI is InChI=1S/C54H31F2N3.CH4/c55-34-22-26-48(57-30-34)32-20-24-44-50(28-32)59-51-29-33(49-27-23-35(56)31-58-49)21-25-45(51)54(42-16-7-3-12-38(42)39-13-4-8-17-43(39)54)47-19-9-18-46(52(47)59)53(44)40-14-5-1-10-36(40)37-11-2-6-15-41(37)53;/h1-31H;1H4. The molecular formula is C55H35F2N3. The Morgan fingerprint density at radius 1 is 0.367 bits per heavy atom. The average molecular weight is 776 g/mol. The molecule has 0 unspecified atom stereocenters. The van der Waals surface area contributed by atoms with E-state index in [1.165, 1.54) is 80.2 Å². The first-order chi connectivity index (χ1) is 29.1. The summed E-state index contributed by atoms with van der Waals surface area (Å²) in [5, 5.41) is 0. The molecule has 0 saturated heterocycles. The summed E-state index contributed by atoms with van der Waals surface area (Å²) in [4.78, 5) is 11.6. The van der Waals surface area contributed by atoms with Crippen LogP contribution in [-0.4, -0.2) is 9.97 Å². The van der Waals surface area contributed by atoms with E-state index in [2.05, 4.69) is 167 Å². The van der Waals surface area contributed by atoms with Crippen molar-refractivity contribution in [3.63, 3.8) is 0 Å². The fraction of sp³-hybridized carbons (Fsp3) is 0.0545. The van der Waals surface area contributed by atoms with Crippen molar-refractivity contribution in [2.24, 2.45) is 0 Å². The molecule has 4 aliphatic rings. The molecule has 2 aliphatic heterocycles. The quantitative estimate of drug-likeness (QED) is 0.175. The predicted molar refractivity (Wildman–Crippen MR) is 236 cm³/mol. The van der Waals surface area contributed by atoms with E-state index < -0.39 is 10.8 Å². The zero-order valence-electron chi connectivity index (χ0n) is 31.5. The van der Waals surface area contributed by atoms with Crippen LogP contribution in [0.15, 0.2) is 188 Å². The molecular weight excluding hydrogens is 741 g/mol. The van der Waals surface area contributed by atoms with Gasteiger partial charge in [-0.15, -0.1) is 0 Å². The van der Waals surface area contributed by atoms with Crippen LogP contribution in [0.5, 0.6) is 0 Å². The number of aromatic nitrogens is 2. The van der Waals surface area contributed by atoms with Crippen LogP contribution in [0.25, 0.3) is 44.8 Å². The van der Waals surface area contributed by atoms with Gasteiger partial charge in [-0.2, -0.15) is 0 Å². The van der Waals surface area contributed by atoms with Gasteiger partial charge in [0, 0.05) is 11.1 Å². The normalized spacial score (nSPS) is 14.6. The van der Waals surface area contributed by atoms with Gasteiger partial charge in [-0.3, -0.25) is 9.97 Å². The number of hydrogen-bond donors (Lipinski definition) is 0. The summed E-state index contributed by atoms with van der Waals surface area (Å²) >= 11 is 0. The SMILES string of the molecule is C.Fc1ccc(-c2ccc3c(c2)N2c4cc(-c5ccc(F)cn5)ccc4C4(c5ccccc5-c5ccccc54)c4cccc(c42)C32c3ccccc3-c3ccccc32)nc1. The molecule has 0 radical (unpaired) electrons. The zero-order valence-corrected chi connectivity index (χ0v) is 31.5. The molecule has 9 aromatic rings. The lowest BCUT2D eigenvalue weighted by molar-refractivity contribution is 0.621. The Morgan fingerprint density at radius 2 is 0.733 bits per heavy atom. The number of para-hydroxylation sites is 1. The number of pyridine rings is 2. The molecule has 0 atom stereocenters. The molecule has 7 aromatic carbocycles. The van der Waals surface area contributed by atoms with Crippen molar-refractivity contribution < 1.29 is 8.78 Å². The van der Waals surface area contributed by atoms with Gasteiger partial charge < -0.3 is 4.90 Å². The van der Waals surface area contributed by atoms with Gasteiger partial charge >= 0.3 is 0 Å². The van der Waals surface area contributed by atoms with E-state index >= 15 is 0 Å². The molecule has 60 heavy (non-hydrogen) atoms. The lowest BCUT2D eigenvalue weighted by atomic mass is 9.59. The number of nitrogens with zero attached hydrogens (tertiary/aromatic N) is 3. The van der Waals surface area contributed by atoms with E-state index in [0.717, 1.165) is 39.3 Å². The minimum absolute atomic E-state index is 0. The van der Waals surface area contributed by atoms with E-state index in [4.69, 9.17) is 0 Å². The first-order valence-electron chi connectivity index (χ1n) is 19.9. The molecule has 2 spiro atoms. The molecule has 13 rings (SSSR count). The fourth-order valence-corrected chi connectivity index (χ4v) is 11.2. The molecule has 0 bridgehead atoms. The third kappa shape index (κ3) is 4.16. The Hall–Kier alpha value is -7.50. The van der Waals surface area contributed by atoms with Crippen molar-refractivity contribution in [2.75, 3.05) is 4.90 Å². The van der Waals surface area contributed by atoms with Crippen molar-refractivity contribution in [1.82, 2.24) is 9.97 Å². The highest BCUT2D eigenvalue weighted by molar-refractivity contribution is 6.03. The van der Waals surface area contributed by atoms with Crippen LogP contribution in [0.1, 0.15) is 51.9 Å². The van der Waals surface area contributed by atoms with Gasteiger partial charge in [0.05, 0.1) is 51.7 Å². The topological polar surface area (TPSA) is 29.0 Å². The second kappa shape index (κ2) is 12.3. The molecule has 3 nitrogen and oxygen atoms in total. The molecule has 2 aliphatic carbocycles. The smallest absolute Gasteiger partial charge is 0.141 e. The second-order valence-corrected chi connectivity index (χ2v) is 15.9. The molecule has 5 heteroatoms. The van der Waals surface area contributed by atoms with Gasteiger partial charge in [0.1, 0.15) is 11.6 Å². The lowest BCUT2D eigenvalue weighted by Crippen LogP contribution is -2.42. The highest BCUT2D eigenvalue weighted by Crippen LogP contribution is 2.70. The van der Waals surface area contributed by atoms with Crippen LogP contribution >= 0.6 is 0 Å². The summed E-state index contributed by atoms with van der Waals surface area (Å²) < 4.78 is 28.6. The number of benzene rings is 7. The maximum Gasteiger partial charge on any atom is 0.141 e. The van der Waals surface area contributed by atoms with Gasteiger partial charge in [0.2, 0.25) is 0 Å². The van der Waals surface area contributed by atoms with Crippen molar-refractivity contribution in [2.45, 2.75) is 18.3 Å². The Labute approximate surface area is 346 Å². The largest absolute Gasteiger partial charge is 0.309 e. The Kier molecular flexibility index (Phi) is 7.06. The highest BCUT2D eigenvalue weighted by Gasteiger charge is 2.58. The minimum Gasteiger partial charge on any atom is -0.309 e.